The lowest BCUT2D eigenvalue weighted by molar-refractivity contribution is 0.240. The zero-order chi connectivity index (χ0) is 16.6. The number of hydrogen-bond donors (Lipinski definition) is 1. The van der Waals surface area contributed by atoms with Crippen LogP contribution in [0.4, 0.5) is 0 Å². The molecule has 0 unspecified atom stereocenters. The highest BCUT2D eigenvalue weighted by molar-refractivity contribution is 5.23. The second kappa shape index (κ2) is 6.28. The number of nitrogens with zero attached hydrogens (tertiary/aromatic N) is 4. The molecule has 0 aliphatic carbocycles. The molecule has 0 bridgehead atoms. The molecule has 2 aromatic rings. The Labute approximate surface area is 136 Å². The van der Waals surface area contributed by atoms with E-state index in [0.29, 0.717) is 6.54 Å². The van der Waals surface area contributed by atoms with Crippen molar-refractivity contribution in [2.45, 2.75) is 59.7 Å². The summed E-state index contributed by atoms with van der Waals surface area (Å²) in [5.41, 5.74) is 4.25. The predicted octanol–water partition coefficient (Wildman–Crippen LogP) is 1.98. The third-order valence-corrected chi connectivity index (χ3v) is 4.61. The lowest BCUT2D eigenvalue weighted by atomic mass is 10.1. The van der Waals surface area contributed by atoms with Crippen LogP contribution in [0.25, 0.3) is 0 Å². The summed E-state index contributed by atoms with van der Waals surface area (Å²) in [4.78, 5) is 22.3. The molecule has 3 heterocycles. The van der Waals surface area contributed by atoms with Crippen molar-refractivity contribution in [2.75, 3.05) is 6.54 Å². The lowest BCUT2D eigenvalue weighted by Gasteiger charge is -2.27. The molecule has 1 aliphatic heterocycles. The number of aromatic nitrogens is 4. The van der Waals surface area contributed by atoms with Crippen molar-refractivity contribution in [2.24, 2.45) is 0 Å². The Hall–Kier alpha value is -1.95. The van der Waals surface area contributed by atoms with Crippen LogP contribution in [-0.4, -0.2) is 31.2 Å². The quantitative estimate of drug-likeness (QED) is 0.937. The van der Waals surface area contributed by atoms with Crippen molar-refractivity contribution < 1.29 is 0 Å². The summed E-state index contributed by atoms with van der Waals surface area (Å²) in [6.45, 7) is 11.6. The van der Waals surface area contributed by atoms with Gasteiger partial charge in [0.25, 0.3) is 5.56 Å². The molecule has 124 valence electrons. The van der Waals surface area contributed by atoms with E-state index >= 15 is 0 Å². The van der Waals surface area contributed by atoms with Crippen LogP contribution in [0.2, 0.25) is 0 Å². The van der Waals surface area contributed by atoms with E-state index in [4.69, 9.17) is 0 Å². The van der Waals surface area contributed by atoms with Gasteiger partial charge < -0.3 is 4.98 Å². The van der Waals surface area contributed by atoms with Crippen LogP contribution in [0.3, 0.4) is 0 Å². The SMILES string of the molecule is CCn1ncc(CN2CCc3nc(C(C)C)[nH]c(=O)c3C2)c1C. The molecular weight excluding hydrogens is 290 g/mol. The van der Waals surface area contributed by atoms with Gasteiger partial charge in [0.2, 0.25) is 0 Å². The van der Waals surface area contributed by atoms with Crippen molar-refractivity contribution in [3.8, 4) is 0 Å². The van der Waals surface area contributed by atoms with Gasteiger partial charge in [0, 0.05) is 49.8 Å². The van der Waals surface area contributed by atoms with Crippen molar-refractivity contribution >= 4 is 0 Å². The summed E-state index contributed by atoms with van der Waals surface area (Å²) >= 11 is 0. The third kappa shape index (κ3) is 3.08. The molecule has 0 atom stereocenters. The van der Waals surface area contributed by atoms with Gasteiger partial charge in [-0.3, -0.25) is 14.4 Å². The summed E-state index contributed by atoms with van der Waals surface area (Å²) in [6.07, 6.45) is 2.78. The van der Waals surface area contributed by atoms with E-state index in [1.165, 1.54) is 11.3 Å². The van der Waals surface area contributed by atoms with Crippen molar-refractivity contribution in [3.63, 3.8) is 0 Å². The number of fused-ring (bicyclic) bond motifs is 1. The molecule has 0 spiro atoms. The molecule has 0 saturated heterocycles. The zero-order valence-corrected chi connectivity index (χ0v) is 14.4. The zero-order valence-electron chi connectivity index (χ0n) is 14.4. The van der Waals surface area contributed by atoms with Gasteiger partial charge in [0.15, 0.2) is 0 Å². The van der Waals surface area contributed by atoms with E-state index < -0.39 is 0 Å². The predicted molar refractivity (Wildman–Crippen MR) is 89.4 cm³/mol. The first-order valence-corrected chi connectivity index (χ1v) is 8.35. The van der Waals surface area contributed by atoms with Crippen molar-refractivity contribution in [1.82, 2.24) is 24.6 Å². The molecule has 1 N–H and O–H groups in total. The van der Waals surface area contributed by atoms with Crippen LogP contribution >= 0.6 is 0 Å². The fourth-order valence-electron chi connectivity index (χ4n) is 3.11. The van der Waals surface area contributed by atoms with Gasteiger partial charge in [0.05, 0.1) is 17.5 Å². The number of aryl methyl sites for hydroxylation is 1. The molecular formula is C17H25N5O. The second-order valence-corrected chi connectivity index (χ2v) is 6.56. The maximum atomic E-state index is 12.4. The Morgan fingerprint density at radius 2 is 2.17 bits per heavy atom. The topological polar surface area (TPSA) is 66.8 Å². The monoisotopic (exact) mass is 315 g/mol. The van der Waals surface area contributed by atoms with Gasteiger partial charge in [-0.15, -0.1) is 0 Å². The molecule has 1 aliphatic rings. The first-order chi connectivity index (χ1) is 11.0. The van der Waals surface area contributed by atoms with E-state index in [-0.39, 0.29) is 11.5 Å². The molecule has 0 radical (unpaired) electrons. The molecule has 0 fully saturated rings. The lowest BCUT2D eigenvalue weighted by Crippen LogP contribution is -2.36. The fourth-order valence-corrected chi connectivity index (χ4v) is 3.11. The average Bonchev–Trinajstić information content (AvgIpc) is 2.88. The van der Waals surface area contributed by atoms with Crippen molar-refractivity contribution in [1.29, 1.82) is 0 Å². The van der Waals surface area contributed by atoms with Gasteiger partial charge in [-0.25, -0.2) is 4.98 Å². The minimum Gasteiger partial charge on any atom is -0.310 e. The molecule has 0 aromatic carbocycles. The number of H-pyrrole nitrogens is 1. The minimum atomic E-state index is 0.0179. The Morgan fingerprint density at radius 3 is 2.83 bits per heavy atom. The summed E-state index contributed by atoms with van der Waals surface area (Å²) in [6, 6.07) is 0. The molecule has 2 aromatic heterocycles. The second-order valence-electron chi connectivity index (χ2n) is 6.56. The van der Waals surface area contributed by atoms with E-state index in [1.807, 2.05) is 24.7 Å². The van der Waals surface area contributed by atoms with E-state index in [0.717, 1.165) is 43.1 Å². The molecule has 23 heavy (non-hydrogen) atoms. The number of aromatic amines is 1. The highest BCUT2D eigenvalue weighted by Gasteiger charge is 2.22. The summed E-state index contributed by atoms with van der Waals surface area (Å²) < 4.78 is 2.01. The molecule has 6 heteroatoms. The van der Waals surface area contributed by atoms with Gasteiger partial charge in [0.1, 0.15) is 5.82 Å². The first-order valence-electron chi connectivity index (χ1n) is 8.35. The fraction of sp³-hybridized carbons (Fsp3) is 0.588. The van der Waals surface area contributed by atoms with E-state index in [2.05, 4.69) is 33.8 Å². The first kappa shape index (κ1) is 15.9. The maximum absolute atomic E-state index is 12.4. The Morgan fingerprint density at radius 1 is 1.39 bits per heavy atom. The number of hydrogen-bond acceptors (Lipinski definition) is 4. The van der Waals surface area contributed by atoms with Gasteiger partial charge in [-0.1, -0.05) is 13.8 Å². The van der Waals surface area contributed by atoms with Gasteiger partial charge in [-0.2, -0.15) is 5.10 Å². The van der Waals surface area contributed by atoms with Crippen LogP contribution in [-0.2, 0) is 26.1 Å². The van der Waals surface area contributed by atoms with Crippen molar-refractivity contribution in [3.05, 3.63) is 44.9 Å². The standard InChI is InChI=1S/C17H25N5O/c1-5-22-12(4)13(8-18-22)9-21-7-6-15-14(10-21)17(23)20-16(19-15)11(2)3/h8,11H,5-7,9-10H2,1-4H3,(H,19,20,23). The van der Waals surface area contributed by atoms with Crippen LogP contribution < -0.4 is 5.56 Å². The Kier molecular flexibility index (Phi) is 4.35. The highest BCUT2D eigenvalue weighted by atomic mass is 16.1. The van der Waals surface area contributed by atoms with E-state index in [9.17, 15) is 4.79 Å². The minimum absolute atomic E-state index is 0.0179. The maximum Gasteiger partial charge on any atom is 0.255 e. The van der Waals surface area contributed by atoms with Crippen LogP contribution in [0.5, 0.6) is 0 Å². The number of rotatable bonds is 4. The van der Waals surface area contributed by atoms with Gasteiger partial charge >= 0.3 is 0 Å². The van der Waals surface area contributed by atoms with Crippen LogP contribution in [0, 0.1) is 6.92 Å². The highest BCUT2D eigenvalue weighted by Crippen LogP contribution is 2.19. The molecule has 3 rings (SSSR count). The summed E-state index contributed by atoms with van der Waals surface area (Å²) in [5, 5.41) is 4.40. The van der Waals surface area contributed by atoms with E-state index in [1.54, 1.807) is 0 Å². The Balaban J connectivity index is 1.80. The third-order valence-electron chi connectivity index (χ3n) is 4.61. The van der Waals surface area contributed by atoms with Crippen LogP contribution in [0.1, 0.15) is 55.0 Å². The smallest absolute Gasteiger partial charge is 0.255 e. The normalized spacial score (nSPS) is 15.2. The molecule has 0 saturated carbocycles. The average molecular weight is 315 g/mol. The number of nitrogens with one attached hydrogen (secondary N) is 1. The Bertz CT molecular complexity index is 759. The molecule has 6 nitrogen and oxygen atoms in total. The largest absolute Gasteiger partial charge is 0.310 e. The van der Waals surface area contributed by atoms with Gasteiger partial charge in [-0.05, 0) is 13.8 Å². The summed E-state index contributed by atoms with van der Waals surface area (Å²) in [5.74, 6) is 1.04. The molecule has 0 amide bonds. The van der Waals surface area contributed by atoms with Crippen LogP contribution in [0.15, 0.2) is 11.0 Å². The summed E-state index contributed by atoms with van der Waals surface area (Å²) in [7, 11) is 0.